The lowest BCUT2D eigenvalue weighted by Gasteiger charge is -2.26. The van der Waals surface area contributed by atoms with Gasteiger partial charge < -0.3 is 5.32 Å². The Hall–Kier alpha value is -0.480. The molecule has 1 aliphatic rings. The van der Waals surface area contributed by atoms with E-state index in [0.29, 0.717) is 16.2 Å². The first kappa shape index (κ1) is 13.9. The lowest BCUT2D eigenvalue weighted by molar-refractivity contribution is 0.394. The van der Waals surface area contributed by atoms with Crippen molar-refractivity contribution < 1.29 is 0 Å². The Balaban J connectivity index is 2.05. The summed E-state index contributed by atoms with van der Waals surface area (Å²) in [6, 6.07) is 0. The molecule has 0 radical (unpaired) electrons. The van der Waals surface area contributed by atoms with Crippen LogP contribution in [0.1, 0.15) is 39.5 Å². The second-order valence-corrected chi connectivity index (χ2v) is 6.58. The highest BCUT2D eigenvalue weighted by molar-refractivity contribution is 8.00. The summed E-state index contributed by atoms with van der Waals surface area (Å²) >= 11 is 7.99. The standard InChI is InChI=1S/C13H20ClN3S/c1-3-15-13-16-8-11(14)12(17-13)18-10-6-4-5-9(2)7-10/h8-10H,3-7H2,1-2H3,(H,15,16,17). The Morgan fingerprint density at radius 1 is 1.50 bits per heavy atom. The fraction of sp³-hybridized carbons (Fsp3) is 0.692. The van der Waals surface area contributed by atoms with Crippen LogP contribution in [-0.4, -0.2) is 21.8 Å². The Kier molecular flexibility index (Phi) is 5.13. The van der Waals surface area contributed by atoms with Crippen LogP contribution < -0.4 is 5.32 Å². The van der Waals surface area contributed by atoms with Gasteiger partial charge in [0.2, 0.25) is 5.95 Å². The van der Waals surface area contributed by atoms with Crippen molar-refractivity contribution in [2.45, 2.75) is 49.8 Å². The minimum absolute atomic E-state index is 0.649. The van der Waals surface area contributed by atoms with E-state index in [-0.39, 0.29) is 0 Å². The van der Waals surface area contributed by atoms with E-state index in [1.807, 2.05) is 18.7 Å². The first-order chi connectivity index (χ1) is 8.69. The number of hydrogen-bond donors (Lipinski definition) is 1. The van der Waals surface area contributed by atoms with Crippen molar-refractivity contribution >= 4 is 29.3 Å². The van der Waals surface area contributed by atoms with Crippen molar-refractivity contribution in [3.8, 4) is 0 Å². The molecule has 0 spiro atoms. The number of anilines is 1. The fourth-order valence-corrected chi connectivity index (χ4v) is 3.87. The number of nitrogens with one attached hydrogen (secondary N) is 1. The number of aromatic nitrogens is 2. The minimum Gasteiger partial charge on any atom is -0.354 e. The summed E-state index contributed by atoms with van der Waals surface area (Å²) in [7, 11) is 0. The third-order valence-corrected chi connectivity index (χ3v) is 4.90. The van der Waals surface area contributed by atoms with Crippen molar-refractivity contribution in [2.75, 3.05) is 11.9 Å². The molecule has 0 saturated heterocycles. The van der Waals surface area contributed by atoms with Crippen LogP contribution in [0.25, 0.3) is 0 Å². The minimum atomic E-state index is 0.649. The summed E-state index contributed by atoms with van der Waals surface area (Å²) in [6.45, 7) is 5.19. The van der Waals surface area contributed by atoms with Crippen LogP contribution in [-0.2, 0) is 0 Å². The lowest BCUT2D eigenvalue weighted by atomic mass is 9.91. The molecule has 1 aromatic heterocycles. The van der Waals surface area contributed by atoms with E-state index in [9.17, 15) is 0 Å². The molecule has 2 unspecified atom stereocenters. The van der Waals surface area contributed by atoms with Crippen molar-refractivity contribution in [2.24, 2.45) is 5.92 Å². The van der Waals surface area contributed by atoms with E-state index < -0.39 is 0 Å². The molecule has 1 heterocycles. The van der Waals surface area contributed by atoms with Crippen LogP contribution in [0.3, 0.4) is 0 Å². The van der Waals surface area contributed by atoms with Gasteiger partial charge in [-0.2, -0.15) is 0 Å². The van der Waals surface area contributed by atoms with Gasteiger partial charge in [0.1, 0.15) is 5.03 Å². The van der Waals surface area contributed by atoms with Gasteiger partial charge in [-0.15, -0.1) is 11.8 Å². The van der Waals surface area contributed by atoms with Gasteiger partial charge in [0.15, 0.2) is 0 Å². The monoisotopic (exact) mass is 285 g/mol. The lowest BCUT2D eigenvalue weighted by Crippen LogP contribution is -2.15. The zero-order valence-electron chi connectivity index (χ0n) is 10.9. The van der Waals surface area contributed by atoms with Gasteiger partial charge in [0, 0.05) is 11.8 Å². The van der Waals surface area contributed by atoms with Crippen LogP contribution in [0.15, 0.2) is 11.2 Å². The first-order valence-corrected chi connectivity index (χ1v) is 7.88. The molecule has 0 aliphatic heterocycles. The molecule has 2 atom stereocenters. The van der Waals surface area contributed by atoms with Crippen LogP contribution >= 0.6 is 23.4 Å². The molecule has 0 bridgehead atoms. The second-order valence-electron chi connectivity index (χ2n) is 4.89. The van der Waals surface area contributed by atoms with Crippen LogP contribution in [0, 0.1) is 5.92 Å². The largest absolute Gasteiger partial charge is 0.354 e. The molecule has 1 N–H and O–H groups in total. The summed E-state index contributed by atoms with van der Waals surface area (Å²) < 4.78 is 0. The smallest absolute Gasteiger partial charge is 0.223 e. The maximum absolute atomic E-state index is 6.18. The number of rotatable bonds is 4. The second kappa shape index (κ2) is 6.62. The molecule has 1 saturated carbocycles. The van der Waals surface area contributed by atoms with Gasteiger partial charge in [-0.3, -0.25) is 0 Å². The number of halogens is 1. The Bertz CT molecular complexity index is 400. The molecule has 5 heteroatoms. The van der Waals surface area contributed by atoms with Crippen molar-refractivity contribution in [3.05, 3.63) is 11.2 Å². The highest BCUT2D eigenvalue weighted by Gasteiger charge is 2.21. The highest BCUT2D eigenvalue weighted by Crippen LogP contribution is 2.37. The maximum Gasteiger partial charge on any atom is 0.223 e. The predicted octanol–water partition coefficient (Wildman–Crippen LogP) is 4.23. The van der Waals surface area contributed by atoms with Gasteiger partial charge >= 0.3 is 0 Å². The van der Waals surface area contributed by atoms with Crippen molar-refractivity contribution in [1.29, 1.82) is 0 Å². The van der Waals surface area contributed by atoms with Crippen LogP contribution in [0.2, 0.25) is 5.02 Å². The van der Waals surface area contributed by atoms with E-state index in [0.717, 1.165) is 17.5 Å². The summed E-state index contributed by atoms with van der Waals surface area (Å²) in [6.07, 6.45) is 6.91. The molecule has 0 aromatic carbocycles. The normalized spacial score (nSPS) is 23.9. The Morgan fingerprint density at radius 3 is 3.06 bits per heavy atom. The SMILES string of the molecule is CCNc1ncc(Cl)c(SC2CCCC(C)C2)n1. The maximum atomic E-state index is 6.18. The summed E-state index contributed by atoms with van der Waals surface area (Å²) in [5.74, 6) is 1.50. The van der Waals surface area contributed by atoms with E-state index in [2.05, 4.69) is 22.2 Å². The van der Waals surface area contributed by atoms with Crippen molar-refractivity contribution in [3.63, 3.8) is 0 Å². The molecule has 1 aliphatic carbocycles. The fourth-order valence-electron chi connectivity index (χ4n) is 2.32. The molecule has 1 fully saturated rings. The molecule has 3 nitrogen and oxygen atoms in total. The summed E-state index contributed by atoms with van der Waals surface area (Å²) in [4.78, 5) is 8.66. The average molecular weight is 286 g/mol. The van der Waals surface area contributed by atoms with Gasteiger partial charge in [0.25, 0.3) is 0 Å². The molecule has 2 rings (SSSR count). The summed E-state index contributed by atoms with van der Waals surface area (Å²) in [5, 5.41) is 5.36. The van der Waals surface area contributed by atoms with E-state index in [1.54, 1.807) is 6.20 Å². The Morgan fingerprint density at radius 2 is 2.33 bits per heavy atom. The third-order valence-electron chi connectivity index (χ3n) is 3.21. The quantitative estimate of drug-likeness (QED) is 0.840. The zero-order chi connectivity index (χ0) is 13.0. The van der Waals surface area contributed by atoms with E-state index in [4.69, 9.17) is 11.6 Å². The molecular formula is C13H20ClN3S. The number of hydrogen-bond acceptors (Lipinski definition) is 4. The van der Waals surface area contributed by atoms with Gasteiger partial charge in [-0.05, 0) is 25.7 Å². The van der Waals surface area contributed by atoms with Crippen molar-refractivity contribution in [1.82, 2.24) is 9.97 Å². The summed E-state index contributed by atoms with van der Waals surface area (Å²) in [5.41, 5.74) is 0. The van der Waals surface area contributed by atoms with Gasteiger partial charge in [-0.1, -0.05) is 31.4 Å². The van der Waals surface area contributed by atoms with Crippen LogP contribution in [0.5, 0.6) is 0 Å². The first-order valence-electron chi connectivity index (χ1n) is 6.62. The molecule has 100 valence electrons. The molecule has 1 aromatic rings. The number of thioether (sulfide) groups is 1. The average Bonchev–Trinajstić information content (AvgIpc) is 2.34. The van der Waals surface area contributed by atoms with E-state index >= 15 is 0 Å². The predicted molar refractivity (Wildman–Crippen MR) is 78.5 cm³/mol. The van der Waals surface area contributed by atoms with Gasteiger partial charge in [0.05, 0.1) is 11.2 Å². The topological polar surface area (TPSA) is 37.8 Å². The molecular weight excluding hydrogens is 266 g/mol. The molecule has 0 amide bonds. The van der Waals surface area contributed by atoms with E-state index in [1.165, 1.54) is 25.7 Å². The Labute approximate surface area is 118 Å². The van der Waals surface area contributed by atoms with Crippen LogP contribution in [0.4, 0.5) is 5.95 Å². The van der Waals surface area contributed by atoms with Gasteiger partial charge in [-0.25, -0.2) is 9.97 Å². The third kappa shape index (κ3) is 3.75. The zero-order valence-corrected chi connectivity index (χ0v) is 12.5. The molecule has 18 heavy (non-hydrogen) atoms. The number of nitrogens with zero attached hydrogens (tertiary/aromatic N) is 2. The highest BCUT2D eigenvalue weighted by atomic mass is 35.5.